The third-order valence-electron chi connectivity index (χ3n) is 2.83. The first-order valence-electron chi connectivity index (χ1n) is 5.64. The molecule has 2 rings (SSSR count). The molecule has 0 saturated heterocycles. The summed E-state index contributed by atoms with van der Waals surface area (Å²) in [5.41, 5.74) is 1.85. The lowest BCUT2D eigenvalue weighted by molar-refractivity contribution is -0.109. The third kappa shape index (κ3) is 3.17. The molecule has 0 spiro atoms. The van der Waals surface area contributed by atoms with Crippen molar-refractivity contribution in [2.75, 3.05) is 0 Å². The smallest absolute Gasteiger partial charge is 0.127 e. The fourth-order valence-corrected chi connectivity index (χ4v) is 1.95. The van der Waals surface area contributed by atoms with Crippen molar-refractivity contribution in [3.8, 4) is 0 Å². The molecule has 0 aromatic heterocycles. The maximum Gasteiger partial charge on any atom is 0.127 e. The number of hydrogen-bond donors (Lipinski definition) is 0. The summed E-state index contributed by atoms with van der Waals surface area (Å²) in [7, 11) is 0. The summed E-state index contributed by atoms with van der Waals surface area (Å²) < 4.78 is 12.8. The molecule has 2 aromatic carbocycles. The average molecular weight is 263 g/mol. The van der Waals surface area contributed by atoms with Gasteiger partial charge in [0.1, 0.15) is 12.1 Å². The van der Waals surface area contributed by atoms with Crippen molar-refractivity contribution in [1.82, 2.24) is 0 Å². The lowest BCUT2D eigenvalue weighted by Crippen LogP contribution is -2.04. The van der Waals surface area contributed by atoms with Crippen molar-refractivity contribution in [2.45, 2.75) is 12.3 Å². The maximum atomic E-state index is 12.8. The van der Waals surface area contributed by atoms with Gasteiger partial charge in [0.25, 0.3) is 0 Å². The Morgan fingerprint density at radius 1 is 1.06 bits per heavy atom. The molecule has 0 saturated carbocycles. The molecule has 2 aromatic rings. The highest BCUT2D eigenvalue weighted by atomic mass is 35.5. The Hall–Kier alpha value is -1.67. The predicted octanol–water partition coefficient (Wildman–Crippen LogP) is 4.00. The summed E-state index contributed by atoms with van der Waals surface area (Å²) in [6, 6.07) is 13.4. The van der Waals surface area contributed by atoms with Crippen molar-refractivity contribution >= 4 is 17.9 Å². The summed E-state index contributed by atoms with van der Waals surface area (Å²) in [6.07, 6.45) is 1.48. The van der Waals surface area contributed by atoms with Crippen LogP contribution in [-0.2, 0) is 11.2 Å². The molecule has 0 aliphatic rings. The summed E-state index contributed by atoms with van der Waals surface area (Å²) >= 11 is 5.81. The van der Waals surface area contributed by atoms with Crippen molar-refractivity contribution in [1.29, 1.82) is 0 Å². The zero-order chi connectivity index (χ0) is 13.0. The van der Waals surface area contributed by atoms with Gasteiger partial charge in [0.2, 0.25) is 0 Å². The number of aldehydes is 1. The first kappa shape index (κ1) is 12.8. The summed E-state index contributed by atoms with van der Waals surface area (Å²) in [5.74, 6) is -0.554. The molecule has 0 N–H and O–H groups in total. The van der Waals surface area contributed by atoms with E-state index in [1.54, 1.807) is 24.3 Å². The van der Waals surface area contributed by atoms with Crippen LogP contribution in [0.2, 0.25) is 5.02 Å². The molecule has 0 heterocycles. The minimum Gasteiger partial charge on any atom is -0.303 e. The van der Waals surface area contributed by atoms with Crippen LogP contribution in [0, 0.1) is 5.82 Å². The molecule has 0 aliphatic heterocycles. The molecule has 0 aliphatic carbocycles. The third-order valence-corrected chi connectivity index (χ3v) is 3.08. The number of carbonyl (C=O) groups excluding carboxylic acids is 1. The van der Waals surface area contributed by atoms with Gasteiger partial charge in [0.05, 0.1) is 0 Å². The Balaban J connectivity index is 2.16. The lowest BCUT2D eigenvalue weighted by Gasteiger charge is -2.10. The van der Waals surface area contributed by atoms with Gasteiger partial charge in [-0.1, -0.05) is 35.9 Å². The van der Waals surface area contributed by atoms with Crippen molar-refractivity contribution < 1.29 is 9.18 Å². The van der Waals surface area contributed by atoms with E-state index in [9.17, 15) is 9.18 Å². The second-order valence-corrected chi connectivity index (χ2v) is 4.56. The normalized spacial score (nSPS) is 12.1. The Morgan fingerprint density at radius 2 is 1.67 bits per heavy atom. The van der Waals surface area contributed by atoms with Gasteiger partial charge in [0, 0.05) is 10.9 Å². The van der Waals surface area contributed by atoms with Crippen LogP contribution in [0.25, 0.3) is 0 Å². The zero-order valence-electron chi connectivity index (χ0n) is 9.64. The average Bonchev–Trinajstić information content (AvgIpc) is 2.39. The Kier molecular flexibility index (Phi) is 4.11. The van der Waals surface area contributed by atoms with E-state index in [2.05, 4.69) is 0 Å². The second-order valence-electron chi connectivity index (χ2n) is 4.12. The molecule has 0 radical (unpaired) electrons. The van der Waals surface area contributed by atoms with E-state index < -0.39 is 0 Å². The Bertz CT molecular complexity index is 519. The molecule has 18 heavy (non-hydrogen) atoms. The SMILES string of the molecule is O=CC(Cc1ccc(Cl)cc1)c1ccc(F)cc1. The van der Waals surface area contributed by atoms with Crippen molar-refractivity contribution in [2.24, 2.45) is 0 Å². The minimum absolute atomic E-state index is 0.258. The highest BCUT2D eigenvalue weighted by molar-refractivity contribution is 6.30. The zero-order valence-corrected chi connectivity index (χ0v) is 10.4. The molecule has 1 nitrogen and oxygen atoms in total. The van der Waals surface area contributed by atoms with Gasteiger partial charge in [0.15, 0.2) is 0 Å². The molecule has 3 heteroatoms. The van der Waals surface area contributed by atoms with Crippen LogP contribution in [-0.4, -0.2) is 6.29 Å². The fourth-order valence-electron chi connectivity index (χ4n) is 1.83. The fraction of sp³-hybridized carbons (Fsp3) is 0.133. The number of carbonyl (C=O) groups is 1. The number of halogens is 2. The molecule has 0 bridgehead atoms. The highest BCUT2D eigenvalue weighted by Crippen LogP contribution is 2.20. The van der Waals surface area contributed by atoms with Crippen LogP contribution in [0.5, 0.6) is 0 Å². The monoisotopic (exact) mass is 262 g/mol. The van der Waals surface area contributed by atoms with E-state index in [1.807, 2.05) is 12.1 Å². The molecule has 0 amide bonds. The standard InChI is InChI=1S/C15H12ClFO/c16-14-5-1-11(2-6-14)9-13(10-18)12-3-7-15(17)8-4-12/h1-8,10,13H,9H2. The molecular formula is C15H12ClFO. The Morgan fingerprint density at radius 3 is 2.22 bits per heavy atom. The predicted molar refractivity (Wildman–Crippen MR) is 70.4 cm³/mol. The number of benzene rings is 2. The first-order chi connectivity index (χ1) is 8.69. The van der Waals surface area contributed by atoms with Crippen LogP contribution in [0.3, 0.4) is 0 Å². The van der Waals surface area contributed by atoms with Crippen molar-refractivity contribution in [3.05, 3.63) is 70.5 Å². The minimum atomic E-state index is -0.296. The van der Waals surface area contributed by atoms with Gasteiger partial charge in [-0.2, -0.15) is 0 Å². The van der Waals surface area contributed by atoms with Gasteiger partial charge in [-0.05, 0) is 41.8 Å². The molecule has 92 valence electrons. The van der Waals surface area contributed by atoms with E-state index >= 15 is 0 Å². The Labute approximate surface area is 110 Å². The highest BCUT2D eigenvalue weighted by Gasteiger charge is 2.11. The van der Waals surface area contributed by atoms with Gasteiger partial charge >= 0.3 is 0 Å². The van der Waals surface area contributed by atoms with Crippen LogP contribution < -0.4 is 0 Å². The maximum absolute atomic E-state index is 12.8. The van der Waals surface area contributed by atoms with Gasteiger partial charge in [-0.15, -0.1) is 0 Å². The topological polar surface area (TPSA) is 17.1 Å². The summed E-state index contributed by atoms with van der Waals surface area (Å²) in [4.78, 5) is 11.1. The van der Waals surface area contributed by atoms with Gasteiger partial charge in [-0.3, -0.25) is 0 Å². The lowest BCUT2D eigenvalue weighted by atomic mass is 9.93. The van der Waals surface area contributed by atoms with E-state index in [-0.39, 0.29) is 11.7 Å². The van der Waals surface area contributed by atoms with E-state index in [4.69, 9.17) is 11.6 Å². The van der Waals surface area contributed by atoms with E-state index in [1.165, 1.54) is 12.1 Å². The quantitative estimate of drug-likeness (QED) is 0.761. The van der Waals surface area contributed by atoms with Crippen LogP contribution in [0.4, 0.5) is 4.39 Å². The van der Waals surface area contributed by atoms with E-state index in [0.717, 1.165) is 17.4 Å². The van der Waals surface area contributed by atoms with Gasteiger partial charge < -0.3 is 4.79 Å². The first-order valence-corrected chi connectivity index (χ1v) is 6.02. The number of rotatable bonds is 4. The number of hydrogen-bond acceptors (Lipinski definition) is 1. The summed E-state index contributed by atoms with van der Waals surface area (Å²) in [6.45, 7) is 0. The van der Waals surface area contributed by atoms with Crippen LogP contribution in [0.15, 0.2) is 48.5 Å². The largest absolute Gasteiger partial charge is 0.303 e. The molecule has 0 fully saturated rings. The van der Waals surface area contributed by atoms with E-state index in [0.29, 0.717) is 11.4 Å². The molecule has 1 unspecified atom stereocenters. The summed E-state index contributed by atoms with van der Waals surface area (Å²) in [5, 5.41) is 0.670. The molecular weight excluding hydrogens is 251 g/mol. The van der Waals surface area contributed by atoms with Crippen molar-refractivity contribution in [3.63, 3.8) is 0 Å². The molecule has 1 atom stereocenters. The van der Waals surface area contributed by atoms with Crippen LogP contribution >= 0.6 is 11.6 Å². The second kappa shape index (κ2) is 5.78. The van der Waals surface area contributed by atoms with Gasteiger partial charge in [-0.25, -0.2) is 4.39 Å². The van der Waals surface area contributed by atoms with Crippen LogP contribution in [0.1, 0.15) is 17.0 Å².